The van der Waals surface area contributed by atoms with Crippen molar-refractivity contribution in [3.8, 4) is 0 Å². The van der Waals surface area contributed by atoms with Gasteiger partial charge >= 0.3 is 0 Å². The van der Waals surface area contributed by atoms with Gasteiger partial charge in [-0.05, 0) is 18.9 Å². The molecule has 0 radical (unpaired) electrons. The van der Waals surface area contributed by atoms with Crippen molar-refractivity contribution in [2.45, 2.75) is 58.3 Å². The van der Waals surface area contributed by atoms with Crippen LogP contribution in [0.15, 0.2) is 36.5 Å². The van der Waals surface area contributed by atoms with Crippen LogP contribution in [0.4, 0.5) is 0 Å². The van der Waals surface area contributed by atoms with E-state index in [4.69, 9.17) is 0 Å². The van der Waals surface area contributed by atoms with Crippen molar-refractivity contribution >= 4 is 6.29 Å². The summed E-state index contributed by atoms with van der Waals surface area (Å²) in [5.41, 5.74) is 0. The van der Waals surface area contributed by atoms with Crippen molar-refractivity contribution in [2.24, 2.45) is 0 Å². The maximum Gasteiger partial charge on any atom is 0.142 e. The zero-order valence-corrected chi connectivity index (χ0v) is 11.1. The van der Waals surface area contributed by atoms with Gasteiger partial charge in [0.05, 0.1) is 0 Å². The van der Waals surface area contributed by atoms with Crippen LogP contribution in [-0.4, -0.2) is 6.29 Å². The van der Waals surface area contributed by atoms with Crippen molar-refractivity contribution in [2.75, 3.05) is 0 Å². The molecule has 0 aromatic carbocycles. The van der Waals surface area contributed by atoms with Crippen LogP contribution in [0.3, 0.4) is 0 Å². The molecule has 0 N–H and O–H groups in total. The third kappa shape index (κ3) is 14.9. The number of allylic oxidation sites excluding steroid dienone is 6. The van der Waals surface area contributed by atoms with Crippen LogP contribution in [-0.2, 0) is 4.79 Å². The van der Waals surface area contributed by atoms with Gasteiger partial charge in [-0.3, -0.25) is 4.79 Å². The third-order valence-electron chi connectivity index (χ3n) is 2.63. The highest BCUT2D eigenvalue weighted by atomic mass is 16.1. The van der Waals surface area contributed by atoms with Crippen LogP contribution in [0, 0.1) is 0 Å². The molecule has 0 aliphatic carbocycles. The summed E-state index contributed by atoms with van der Waals surface area (Å²) in [6.07, 6.45) is 22.8. The number of rotatable bonds is 11. The molecule has 0 bridgehead atoms. The molecule has 0 fully saturated rings. The lowest BCUT2D eigenvalue weighted by atomic mass is 10.1. The Bertz CT molecular complexity index is 236. The maximum absolute atomic E-state index is 9.97. The smallest absolute Gasteiger partial charge is 0.142 e. The van der Waals surface area contributed by atoms with E-state index >= 15 is 0 Å². The van der Waals surface area contributed by atoms with Crippen LogP contribution in [0.1, 0.15) is 58.3 Å². The highest BCUT2D eigenvalue weighted by molar-refractivity contribution is 5.65. The van der Waals surface area contributed by atoms with E-state index in [0.29, 0.717) is 0 Å². The van der Waals surface area contributed by atoms with Crippen LogP contribution >= 0.6 is 0 Å². The van der Waals surface area contributed by atoms with Crippen LogP contribution in [0.25, 0.3) is 0 Å². The zero-order valence-electron chi connectivity index (χ0n) is 11.1. The molecule has 0 aliphatic heterocycles. The summed E-state index contributed by atoms with van der Waals surface area (Å²) >= 11 is 0. The Kier molecular flexibility index (Phi) is 13.9. The molecule has 0 atom stereocenters. The van der Waals surface area contributed by atoms with Crippen LogP contribution in [0.2, 0.25) is 0 Å². The van der Waals surface area contributed by atoms with E-state index in [-0.39, 0.29) is 0 Å². The topological polar surface area (TPSA) is 17.1 Å². The summed E-state index contributed by atoms with van der Waals surface area (Å²) < 4.78 is 0. The van der Waals surface area contributed by atoms with Gasteiger partial charge in [0.15, 0.2) is 0 Å². The predicted octanol–water partition coefficient (Wildman–Crippen LogP) is 4.99. The van der Waals surface area contributed by atoms with Gasteiger partial charge in [0.25, 0.3) is 0 Å². The SMILES string of the molecule is CCCCCCCCC/C=C/C=C/C=C\C=O. The molecule has 0 rings (SSSR count). The number of hydrogen-bond acceptors (Lipinski definition) is 1. The molecule has 0 amide bonds. The molecule has 0 saturated carbocycles. The lowest BCUT2D eigenvalue weighted by molar-refractivity contribution is -0.104. The molecule has 0 aromatic heterocycles. The van der Waals surface area contributed by atoms with Crippen molar-refractivity contribution in [3.05, 3.63) is 36.5 Å². The first-order valence-electron chi connectivity index (χ1n) is 6.85. The van der Waals surface area contributed by atoms with Crippen molar-refractivity contribution in [1.82, 2.24) is 0 Å². The average molecular weight is 234 g/mol. The number of aldehydes is 1. The van der Waals surface area contributed by atoms with E-state index in [2.05, 4.69) is 13.0 Å². The summed E-state index contributed by atoms with van der Waals surface area (Å²) in [4.78, 5) is 9.97. The second-order valence-corrected chi connectivity index (χ2v) is 4.24. The quantitative estimate of drug-likeness (QED) is 0.213. The lowest BCUT2D eigenvalue weighted by Crippen LogP contribution is -1.78. The first-order valence-corrected chi connectivity index (χ1v) is 6.85. The van der Waals surface area contributed by atoms with E-state index in [1.807, 2.05) is 18.2 Å². The Morgan fingerprint density at radius 1 is 0.706 bits per heavy atom. The Balaban J connectivity index is 3.21. The Morgan fingerprint density at radius 2 is 1.29 bits per heavy atom. The third-order valence-corrected chi connectivity index (χ3v) is 2.63. The van der Waals surface area contributed by atoms with Crippen LogP contribution in [0.5, 0.6) is 0 Å². The number of carbonyl (C=O) groups is 1. The van der Waals surface area contributed by atoms with E-state index in [9.17, 15) is 4.79 Å². The van der Waals surface area contributed by atoms with Gasteiger partial charge in [-0.15, -0.1) is 0 Å². The molecule has 1 nitrogen and oxygen atoms in total. The highest BCUT2D eigenvalue weighted by Crippen LogP contribution is 2.08. The van der Waals surface area contributed by atoms with Gasteiger partial charge in [-0.2, -0.15) is 0 Å². The van der Waals surface area contributed by atoms with E-state index in [1.165, 1.54) is 51.0 Å². The maximum atomic E-state index is 9.97. The molecule has 96 valence electrons. The molecule has 17 heavy (non-hydrogen) atoms. The summed E-state index contributed by atoms with van der Waals surface area (Å²) in [7, 11) is 0. The van der Waals surface area contributed by atoms with Gasteiger partial charge < -0.3 is 0 Å². The monoisotopic (exact) mass is 234 g/mol. The predicted molar refractivity (Wildman–Crippen MR) is 76.1 cm³/mol. The molecule has 0 aliphatic rings. The lowest BCUT2D eigenvalue weighted by Gasteiger charge is -1.98. The summed E-state index contributed by atoms with van der Waals surface area (Å²) in [6, 6.07) is 0. The average Bonchev–Trinajstić information content (AvgIpc) is 2.35. The minimum Gasteiger partial charge on any atom is -0.299 e. The fourth-order valence-electron chi connectivity index (χ4n) is 1.63. The highest BCUT2D eigenvalue weighted by Gasteiger charge is 1.88. The van der Waals surface area contributed by atoms with Gasteiger partial charge in [0, 0.05) is 0 Å². The zero-order chi connectivity index (χ0) is 12.6. The number of carbonyl (C=O) groups excluding carboxylic acids is 1. The summed E-state index contributed by atoms with van der Waals surface area (Å²) in [6.45, 7) is 2.25. The van der Waals surface area contributed by atoms with Crippen molar-refractivity contribution < 1.29 is 4.79 Å². The first kappa shape index (κ1) is 15.9. The fraction of sp³-hybridized carbons (Fsp3) is 0.562. The molecule has 0 saturated heterocycles. The molecule has 0 spiro atoms. The molecule has 0 heterocycles. The van der Waals surface area contributed by atoms with E-state index in [1.54, 1.807) is 6.08 Å². The molecular formula is C16H26O. The van der Waals surface area contributed by atoms with Gasteiger partial charge in [0.2, 0.25) is 0 Å². The second kappa shape index (κ2) is 14.9. The molecule has 0 unspecified atom stereocenters. The number of hydrogen-bond donors (Lipinski definition) is 0. The molecular weight excluding hydrogens is 208 g/mol. The van der Waals surface area contributed by atoms with Crippen molar-refractivity contribution in [1.29, 1.82) is 0 Å². The van der Waals surface area contributed by atoms with Gasteiger partial charge in [0.1, 0.15) is 6.29 Å². The molecule has 0 aromatic rings. The van der Waals surface area contributed by atoms with Gasteiger partial charge in [-0.1, -0.05) is 75.8 Å². The molecule has 1 heteroatoms. The normalized spacial score (nSPS) is 12.1. The Morgan fingerprint density at radius 3 is 2.00 bits per heavy atom. The standard InChI is InChI=1S/C16H26O/c1-2-3-4-5-6-7-8-9-10-11-12-13-14-15-16-17/h10-16H,2-9H2,1H3/b11-10+,13-12+,15-14-. The first-order chi connectivity index (χ1) is 8.41. The summed E-state index contributed by atoms with van der Waals surface area (Å²) in [5.74, 6) is 0. The Hall–Kier alpha value is -1.11. The van der Waals surface area contributed by atoms with Crippen LogP contribution < -0.4 is 0 Å². The minimum atomic E-state index is 0.784. The minimum absolute atomic E-state index is 0.784. The van der Waals surface area contributed by atoms with E-state index in [0.717, 1.165) is 12.7 Å². The largest absolute Gasteiger partial charge is 0.299 e. The van der Waals surface area contributed by atoms with E-state index < -0.39 is 0 Å². The second-order valence-electron chi connectivity index (χ2n) is 4.24. The number of unbranched alkanes of at least 4 members (excludes halogenated alkanes) is 7. The summed E-state index contributed by atoms with van der Waals surface area (Å²) in [5, 5.41) is 0. The fourth-order valence-corrected chi connectivity index (χ4v) is 1.63. The van der Waals surface area contributed by atoms with Crippen molar-refractivity contribution in [3.63, 3.8) is 0 Å². The van der Waals surface area contributed by atoms with Gasteiger partial charge in [-0.25, -0.2) is 0 Å². The Labute approximate surface area is 106 Å².